The van der Waals surface area contributed by atoms with Crippen molar-refractivity contribution in [1.29, 1.82) is 0 Å². The summed E-state index contributed by atoms with van der Waals surface area (Å²) < 4.78 is 0. The Labute approximate surface area is 115 Å². The molecule has 0 bridgehead atoms. The molecule has 0 spiro atoms. The van der Waals surface area contributed by atoms with Crippen molar-refractivity contribution in [1.82, 2.24) is 5.32 Å². The third-order valence-corrected chi connectivity index (χ3v) is 3.77. The van der Waals surface area contributed by atoms with Crippen molar-refractivity contribution in [3.05, 3.63) is 66.2 Å². The minimum Gasteiger partial charge on any atom is -0.363 e. The van der Waals surface area contributed by atoms with E-state index in [9.17, 15) is 0 Å². The molecule has 0 amide bonds. The Morgan fingerprint density at radius 3 is 2.26 bits per heavy atom. The van der Waals surface area contributed by atoms with E-state index in [2.05, 4.69) is 70.9 Å². The van der Waals surface area contributed by atoms with Crippen molar-refractivity contribution in [2.75, 3.05) is 24.5 Å². The number of rotatable bonds is 2. The lowest BCUT2D eigenvalue weighted by atomic mass is 10.0. The first-order valence-electron chi connectivity index (χ1n) is 7.02. The molecule has 2 heteroatoms. The summed E-state index contributed by atoms with van der Waals surface area (Å²) in [5.74, 6) is 0. The normalized spacial score (nSPS) is 20.0. The second-order valence-corrected chi connectivity index (χ2v) is 4.99. The first-order valence-corrected chi connectivity index (χ1v) is 7.02. The lowest BCUT2D eigenvalue weighted by molar-refractivity contribution is 0.617. The third kappa shape index (κ3) is 2.79. The van der Waals surface area contributed by atoms with E-state index in [-0.39, 0.29) is 0 Å². The highest BCUT2D eigenvalue weighted by Crippen LogP contribution is 2.30. The van der Waals surface area contributed by atoms with Crippen LogP contribution in [0.15, 0.2) is 60.7 Å². The largest absolute Gasteiger partial charge is 0.363 e. The average molecular weight is 252 g/mol. The van der Waals surface area contributed by atoms with Gasteiger partial charge in [0.15, 0.2) is 0 Å². The average Bonchev–Trinajstić information content (AvgIpc) is 2.75. The van der Waals surface area contributed by atoms with Gasteiger partial charge in [0.1, 0.15) is 0 Å². The molecular weight excluding hydrogens is 232 g/mol. The zero-order valence-electron chi connectivity index (χ0n) is 11.1. The number of hydrogen-bond donors (Lipinski definition) is 1. The summed E-state index contributed by atoms with van der Waals surface area (Å²) in [6.07, 6.45) is 1.15. The van der Waals surface area contributed by atoms with Gasteiger partial charge in [0.05, 0.1) is 6.04 Å². The van der Waals surface area contributed by atoms with E-state index in [0.717, 1.165) is 26.1 Å². The fourth-order valence-corrected chi connectivity index (χ4v) is 2.83. The van der Waals surface area contributed by atoms with Crippen LogP contribution in [0.2, 0.25) is 0 Å². The maximum atomic E-state index is 3.51. The summed E-state index contributed by atoms with van der Waals surface area (Å²) in [5.41, 5.74) is 2.73. The van der Waals surface area contributed by atoms with Gasteiger partial charge >= 0.3 is 0 Å². The van der Waals surface area contributed by atoms with Crippen LogP contribution in [-0.2, 0) is 0 Å². The maximum absolute atomic E-state index is 3.51. The topological polar surface area (TPSA) is 15.3 Å². The summed E-state index contributed by atoms with van der Waals surface area (Å²) in [4.78, 5) is 2.52. The monoisotopic (exact) mass is 252 g/mol. The minimum absolute atomic E-state index is 0.471. The summed E-state index contributed by atoms with van der Waals surface area (Å²) >= 11 is 0. The Morgan fingerprint density at radius 2 is 1.53 bits per heavy atom. The van der Waals surface area contributed by atoms with E-state index in [1.54, 1.807) is 0 Å². The van der Waals surface area contributed by atoms with E-state index in [1.807, 2.05) is 0 Å². The summed E-state index contributed by atoms with van der Waals surface area (Å²) in [5, 5.41) is 3.51. The number of para-hydroxylation sites is 1. The molecule has 1 aliphatic rings. The molecule has 3 rings (SSSR count). The van der Waals surface area contributed by atoms with Crippen LogP contribution in [0.3, 0.4) is 0 Å². The van der Waals surface area contributed by atoms with Gasteiger partial charge in [0.2, 0.25) is 0 Å². The van der Waals surface area contributed by atoms with E-state index in [0.29, 0.717) is 6.04 Å². The standard InChI is InChI=1S/C17H20N2/c1-3-7-15(8-4-1)17-11-12-18-13-14-19(17)16-9-5-2-6-10-16/h1-10,17-18H,11-14H2/t17-/m1/s1. The van der Waals surface area contributed by atoms with Crippen LogP contribution >= 0.6 is 0 Å². The van der Waals surface area contributed by atoms with Gasteiger partial charge in [0, 0.05) is 18.8 Å². The number of nitrogens with zero attached hydrogens (tertiary/aromatic N) is 1. The van der Waals surface area contributed by atoms with Crippen molar-refractivity contribution in [3.8, 4) is 0 Å². The van der Waals surface area contributed by atoms with E-state index in [1.165, 1.54) is 11.3 Å². The fraction of sp³-hybridized carbons (Fsp3) is 0.294. The van der Waals surface area contributed by atoms with Gasteiger partial charge in [-0.3, -0.25) is 0 Å². The zero-order chi connectivity index (χ0) is 12.9. The van der Waals surface area contributed by atoms with Crippen LogP contribution < -0.4 is 10.2 Å². The molecule has 2 aromatic rings. The van der Waals surface area contributed by atoms with Crippen LogP contribution in [0.25, 0.3) is 0 Å². The van der Waals surface area contributed by atoms with Gasteiger partial charge in [-0.25, -0.2) is 0 Å². The molecule has 0 radical (unpaired) electrons. The van der Waals surface area contributed by atoms with Gasteiger partial charge in [-0.2, -0.15) is 0 Å². The first kappa shape index (κ1) is 12.2. The molecule has 1 atom stereocenters. The molecule has 1 fully saturated rings. The Kier molecular flexibility index (Phi) is 3.80. The summed E-state index contributed by atoms with van der Waals surface area (Å²) in [7, 11) is 0. The van der Waals surface area contributed by atoms with Crippen LogP contribution in [0.1, 0.15) is 18.0 Å². The quantitative estimate of drug-likeness (QED) is 0.882. The van der Waals surface area contributed by atoms with Crippen molar-refractivity contribution >= 4 is 5.69 Å². The van der Waals surface area contributed by atoms with Crippen molar-refractivity contribution in [2.24, 2.45) is 0 Å². The van der Waals surface area contributed by atoms with Gasteiger partial charge in [-0.1, -0.05) is 48.5 Å². The van der Waals surface area contributed by atoms with E-state index < -0.39 is 0 Å². The number of benzene rings is 2. The first-order chi connectivity index (χ1) is 9.45. The van der Waals surface area contributed by atoms with Gasteiger partial charge < -0.3 is 10.2 Å². The zero-order valence-corrected chi connectivity index (χ0v) is 11.1. The molecule has 2 aromatic carbocycles. The van der Waals surface area contributed by atoms with E-state index in [4.69, 9.17) is 0 Å². The Balaban J connectivity index is 1.94. The molecule has 1 N–H and O–H groups in total. The lowest BCUT2D eigenvalue weighted by Gasteiger charge is -2.32. The van der Waals surface area contributed by atoms with Crippen LogP contribution in [0, 0.1) is 0 Å². The van der Waals surface area contributed by atoms with Gasteiger partial charge in [0.25, 0.3) is 0 Å². The Hall–Kier alpha value is -1.80. The van der Waals surface area contributed by atoms with Crippen molar-refractivity contribution in [2.45, 2.75) is 12.5 Å². The maximum Gasteiger partial charge on any atom is 0.0555 e. The van der Waals surface area contributed by atoms with Gasteiger partial charge in [-0.15, -0.1) is 0 Å². The van der Waals surface area contributed by atoms with Gasteiger partial charge in [-0.05, 0) is 30.7 Å². The molecule has 1 aliphatic heterocycles. The van der Waals surface area contributed by atoms with Crippen LogP contribution in [0.4, 0.5) is 5.69 Å². The molecule has 0 aromatic heterocycles. The SMILES string of the molecule is c1ccc([C@H]2CCNCCN2c2ccccc2)cc1. The second-order valence-electron chi connectivity index (χ2n) is 4.99. The number of nitrogens with one attached hydrogen (secondary N) is 1. The molecule has 2 nitrogen and oxygen atoms in total. The van der Waals surface area contributed by atoms with Crippen LogP contribution in [0.5, 0.6) is 0 Å². The number of anilines is 1. The van der Waals surface area contributed by atoms with Crippen molar-refractivity contribution in [3.63, 3.8) is 0 Å². The summed E-state index contributed by atoms with van der Waals surface area (Å²) in [6.45, 7) is 3.20. The van der Waals surface area contributed by atoms with Crippen molar-refractivity contribution < 1.29 is 0 Å². The lowest BCUT2D eigenvalue weighted by Crippen LogP contribution is -2.30. The molecule has 0 unspecified atom stereocenters. The Morgan fingerprint density at radius 1 is 0.842 bits per heavy atom. The molecule has 0 aliphatic carbocycles. The Bertz CT molecular complexity index is 448. The highest BCUT2D eigenvalue weighted by molar-refractivity contribution is 5.49. The smallest absolute Gasteiger partial charge is 0.0555 e. The second kappa shape index (κ2) is 5.89. The third-order valence-electron chi connectivity index (χ3n) is 3.77. The molecule has 19 heavy (non-hydrogen) atoms. The van der Waals surface area contributed by atoms with Crippen LogP contribution in [-0.4, -0.2) is 19.6 Å². The molecule has 98 valence electrons. The molecule has 1 saturated heterocycles. The molecule has 0 saturated carbocycles. The highest BCUT2D eigenvalue weighted by Gasteiger charge is 2.22. The predicted molar refractivity (Wildman–Crippen MR) is 80.5 cm³/mol. The minimum atomic E-state index is 0.471. The number of hydrogen-bond acceptors (Lipinski definition) is 2. The highest BCUT2D eigenvalue weighted by atomic mass is 15.2. The van der Waals surface area contributed by atoms with E-state index >= 15 is 0 Å². The molecule has 1 heterocycles. The fourth-order valence-electron chi connectivity index (χ4n) is 2.83. The molecular formula is C17H20N2. The predicted octanol–water partition coefficient (Wildman–Crippen LogP) is 3.23. The summed E-state index contributed by atoms with van der Waals surface area (Å²) in [6, 6.07) is 22.1.